The van der Waals surface area contributed by atoms with Gasteiger partial charge >= 0.3 is 0 Å². The average molecular weight is 401 g/mol. The summed E-state index contributed by atoms with van der Waals surface area (Å²) in [4.78, 5) is 5.90. The van der Waals surface area contributed by atoms with Gasteiger partial charge in [0, 0.05) is 31.6 Å². The second-order valence-corrected chi connectivity index (χ2v) is 9.23. The third-order valence-electron chi connectivity index (χ3n) is 3.98. The maximum absolute atomic E-state index is 11.7. The number of hydrogen-bond donors (Lipinski definition) is 2. The SMILES string of the molecule is CCNC(=NCc1ccc(C)cc1SC)NCCCN(C)S(=O)(=O)CC. The minimum atomic E-state index is -3.11. The van der Waals surface area contributed by atoms with Crippen LogP contribution in [-0.2, 0) is 16.6 Å². The highest BCUT2D eigenvalue weighted by Crippen LogP contribution is 2.22. The van der Waals surface area contributed by atoms with Crippen molar-refractivity contribution in [2.24, 2.45) is 4.99 Å². The van der Waals surface area contributed by atoms with Crippen LogP contribution in [-0.4, -0.2) is 57.4 Å². The van der Waals surface area contributed by atoms with Gasteiger partial charge < -0.3 is 10.6 Å². The standard InChI is InChI=1S/C18H32N4O2S2/c1-6-19-18(20-11-8-12-22(4)26(23,24)7-2)21-14-16-10-9-15(3)13-17(16)25-5/h9-10,13H,6-8,11-12,14H2,1-5H3,(H2,19,20,21). The van der Waals surface area contributed by atoms with Crippen LogP contribution in [0.15, 0.2) is 28.1 Å². The van der Waals surface area contributed by atoms with Gasteiger partial charge in [-0.1, -0.05) is 12.1 Å². The number of aliphatic imine (C=N–C) groups is 1. The molecule has 0 saturated carbocycles. The van der Waals surface area contributed by atoms with Gasteiger partial charge in [0.15, 0.2) is 5.96 Å². The number of thioether (sulfide) groups is 1. The fraction of sp³-hybridized carbons (Fsp3) is 0.611. The number of nitrogens with zero attached hydrogens (tertiary/aromatic N) is 2. The molecule has 0 spiro atoms. The highest BCUT2D eigenvalue weighted by molar-refractivity contribution is 7.98. The molecule has 0 aliphatic rings. The lowest BCUT2D eigenvalue weighted by atomic mass is 10.1. The van der Waals surface area contributed by atoms with Gasteiger partial charge in [0.2, 0.25) is 10.0 Å². The van der Waals surface area contributed by atoms with E-state index in [0.29, 0.717) is 19.6 Å². The summed E-state index contributed by atoms with van der Waals surface area (Å²) in [5.41, 5.74) is 2.45. The number of sulfonamides is 1. The molecule has 0 heterocycles. The molecule has 0 aliphatic heterocycles. The van der Waals surface area contributed by atoms with Gasteiger partial charge in [-0.25, -0.2) is 17.7 Å². The highest BCUT2D eigenvalue weighted by atomic mass is 32.2. The van der Waals surface area contributed by atoms with Gasteiger partial charge in [-0.05, 0) is 50.6 Å². The van der Waals surface area contributed by atoms with E-state index in [4.69, 9.17) is 0 Å². The maximum Gasteiger partial charge on any atom is 0.213 e. The van der Waals surface area contributed by atoms with Crippen LogP contribution in [0.25, 0.3) is 0 Å². The number of nitrogens with one attached hydrogen (secondary N) is 2. The molecule has 148 valence electrons. The molecule has 0 saturated heterocycles. The van der Waals surface area contributed by atoms with E-state index in [1.807, 2.05) is 6.92 Å². The van der Waals surface area contributed by atoms with Gasteiger partial charge in [-0.2, -0.15) is 0 Å². The molecule has 0 aromatic heterocycles. The first-order valence-corrected chi connectivity index (χ1v) is 11.8. The smallest absolute Gasteiger partial charge is 0.213 e. The van der Waals surface area contributed by atoms with Crippen LogP contribution in [0.2, 0.25) is 0 Å². The minimum absolute atomic E-state index is 0.134. The summed E-state index contributed by atoms with van der Waals surface area (Å²) in [6.07, 6.45) is 2.80. The first-order valence-electron chi connectivity index (χ1n) is 8.93. The van der Waals surface area contributed by atoms with E-state index in [2.05, 4.69) is 47.0 Å². The van der Waals surface area contributed by atoms with Crippen LogP contribution in [0.3, 0.4) is 0 Å². The molecular formula is C18H32N4O2S2. The number of benzene rings is 1. The normalized spacial score (nSPS) is 12.5. The molecule has 0 bridgehead atoms. The molecular weight excluding hydrogens is 368 g/mol. The lowest BCUT2D eigenvalue weighted by molar-refractivity contribution is 0.461. The number of aryl methyl sites for hydroxylation is 1. The third-order valence-corrected chi connectivity index (χ3v) is 6.66. The first-order chi connectivity index (χ1) is 12.3. The Bertz CT molecular complexity index is 690. The van der Waals surface area contributed by atoms with Crippen molar-refractivity contribution in [3.63, 3.8) is 0 Å². The monoisotopic (exact) mass is 400 g/mol. The number of hydrogen-bond acceptors (Lipinski definition) is 4. The summed E-state index contributed by atoms with van der Waals surface area (Å²) in [5.74, 6) is 0.885. The summed E-state index contributed by atoms with van der Waals surface area (Å²) in [7, 11) is -1.48. The van der Waals surface area contributed by atoms with E-state index >= 15 is 0 Å². The second kappa shape index (κ2) is 11.5. The molecule has 8 heteroatoms. The maximum atomic E-state index is 11.7. The molecule has 1 aromatic rings. The van der Waals surface area contributed by atoms with E-state index in [1.54, 1.807) is 25.7 Å². The van der Waals surface area contributed by atoms with Crippen molar-refractivity contribution >= 4 is 27.7 Å². The Kier molecular flexibility index (Phi) is 10.0. The molecule has 0 fully saturated rings. The highest BCUT2D eigenvalue weighted by Gasteiger charge is 2.13. The van der Waals surface area contributed by atoms with Gasteiger partial charge in [0.05, 0.1) is 12.3 Å². The third kappa shape index (κ3) is 7.55. The van der Waals surface area contributed by atoms with Gasteiger partial charge in [-0.15, -0.1) is 11.8 Å². The fourth-order valence-corrected chi connectivity index (χ4v) is 3.90. The zero-order valence-electron chi connectivity index (χ0n) is 16.5. The van der Waals surface area contributed by atoms with Crippen LogP contribution in [0.1, 0.15) is 31.4 Å². The molecule has 2 N–H and O–H groups in total. The predicted octanol–water partition coefficient (Wildman–Crippen LogP) is 2.44. The first kappa shape index (κ1) is 22.8. The topological polar surface area (TPSA) is 73.8 Å². The molecule has 0 atom stereocenters. The van der Waals surface area contributed by atoms with Gasteiger partial charge in [-0.3, -0.25) is 0 Å². The quantitative estimate of drug-likeness (QED) is 0.273. The molecule has 1 rings (SSSR count). The average Bonchev–Trinajstić information content (AvgIpc) is 2.63. The largest absolute Gasteiger partial charge is 0.357 e. The molecule has 6 nitrogen and oxygen atoms in total. The van der Waals surface area contributed by atoms with Crippen LogP contribution in [0, 0.1) is 6.92 Å². The Morgan fingerprint density at radius 1 is 1.27 bits per heavy atom. The van der Waals surface area contributed by atoms with Crippen molar-refractivity contribution < 1.29 is 8.42 Å². The Balaban J connectivity index is 2.59. The van der Waals surface area contributed by atoms with Gasteiger partial charge in [0.25, 0.3) is 0 Å². The molecule has 26 heavy (non-hydrogen) atoms. The lowest BCUT2D eigenvalue weighted by Crippen LogP contribution is -2.39. The second-order valence-electron chi connectivity index (χ2n) is 6.01. The Morgan fingerprint density at radius 3 is 2.62 bits per heavy atom. The Labute approximate surface area is 162 Å². The van der Waals surface area contributed by atoms with Crippen LogP contribution in [0.4, 0.5) is 0 Å². The number of rotatable bonds is 10. The summed E-state index contributed by atoms with van der Waals surface area (Å²) < 4.78 is 24.9. The van der Waals surface area contributed by atoms with E-state index in [-0.39, 0.29) is 5.75 Å². The van der Waals surface area contributed by atoms with E-state index < -0.39 is 10.0 Å². The van der Waals surface area contributed by atoms with Crippen molar-refractivity contribution in [2.75, 3.05) is 38.7 Å². The molecule has 0 unspecified atom stereocenters. The minimum Gasteiger partial charge on any atom is -0.357 e. The van der Waals surface area contributed by atoms with Crippen LogP contribution < -0.4 is 10.6 Å². The molecule has 0 radical (unpaired) electrons. The molecule has 0 aliphatic carbocycles. The van der Waals surface area contributed by atoms with E-state index in [0.717, 1.165) is 18.9 Å². The van der Waals surface area contributed by atoms with Crippen LogP contribution in [0.5, 0.6) is 0 Å². The van der Waals surface area contributed by atoms with Crippen molar-refractivity contribution in [3.05, 3.63) is 29.3 Å². The Hall–Kier alpha value is -1.25. The van der Waals surface area contributed by atoms with E-state index in [1.165, 1.54) is 20.3 Å². The van der Waals surface area contributed by atoms with Crippen molar-refractivity contribution in [1.29, 1.82) is 0 Å². The van der Waals surface area contributed by atoms with Gasteiger partial charge in [0.1, 0.15) is 0 Å². The summed E-state index contributed by atoms with van der Waals surface area (Å²) >= 11 is 1.73. The Morgan fingerprint density at radius 2 is 2.00 bits per heavy atom. The zero-order valence-corrected chi connectivity index (χ0v) is 18.1. The molecule has 0 amide bonds. The van der Waals surface area contributed by atoms with Crippen molar-refractivity contribution in [3.8, 4) is 0 Å². The van der Waals surface area contributed by atoms with E-state index in [9.17, 15) is 8.42 Å². The summed E-state index contributed by atoms with van der Waals surface area (Å²) in [6, 6.07) is 6.41. The summed E-state index contributed by atoms with van der Waals surface area (Å²) in [5, 5.41) is 6.51. The number of guanidine groups is 1. The van der Waals surface area contributed by atoms with Crippen molar-refractivity contribution in [2.45, 2.75) is 38.6 Å². The van der Waals surface area contributed by atoms with Crippen LogP contribution >= 0.6 is 11.8 Å². The fourth-order valence-electron chi connectivity index (χ4n) is 2.36. The molecule has 1 aromatic carbocycles. The summed E-state index contributed by atoms with van der Waals surface area (Å²) in [6.45, 7) is 8.32. The predicted molar refractivity (Wildman–Crippen MR) is 112 cm³/mol. The lowest BCUT2D eigenvalue weighted by Gasteiger charge is -2.17. The zero-order chi connectivity index (χ0) is 19.6. The van der Waals surface area contributed by atoms with Crippen molar-refractivity contribution in [1.82, 2.24) is 14.9 Å².